The summed E-state index contributed by atoms with van der Waals surface area (Å²) in [7, 11) is 0. The smallest absolute Gasteiger partial charge is 0.294 e. The fourth-order valence-corrected chi connectivity index (χ4v) is 1.56. The highest BCUT2D eigenvalue weighted by Crippen LogP contribution is 2.23. The van der Waals surface area contributed by atoms with E-state index in [2.05, 4.69) is 30.9 Å². The van der Waals surface area contributed by atoms with Crippen LogP contribution in [0.5, 0.6) is 0 Å². The average molecular weight is 285 g/mol. The van der Waals surface area contributed by atoms with Gasteiger partial charge in [-0.2, -0.15) is 0 Å². The van der Waals surface area contributed by atoms with Gasteiger partial charge < -0.3 is 9.84 Å². The fourth-order valence-electron chi connectivity index (χ4n) is 1.11. The van der Waals surface area contributed by atoms with Crippen LogP contribution in [0.25, 0.3) is 0 Å². The van der Waals surface area contributed by atoms with Gasteiger partial charge in [0.15, 0.2) is 0 Å². The summed E-state index contributed by atoms with van der Waals surface area (Å²) >= 11 is 3.14. The molecule has 1 amide bonds. The van der Waals surface area contributed by atoms with Crippen LogP contribution in [0, 0.1) is 5.82 Å². The number of nitrogens with one attached hydrogen (secondary N) is 1. The van der Waals surface area contributed by atoms with Crippen LogP contribution in [0.4, 0.5) is 10.1 Å². The van der Waals surface area contributed by atoms with Crippen LogP contribution in [-0.4, -0.2) is 11.1 Å². The van der Waals surface area contributed by atoms with E-state index in [1.54, 1.807) is 0 Å². The summed E-state index contributed by atoms with van der Waals surface area (Å²) in [6.07, 6.45) is 1.37. The molecule has 0 spiro atoms. The summed E-state index contributed by atoms with van der Waals surface area (Å²) in [5.41, 5.74) is 0.461. The molecule has 1 aromatic heterocycles. The Kier molecular flexibility index (Phi) is 3.00. The first-order chi connectivity index (χ1) is 7.66. The van der Waals surface area contributed by atoms with Gasteiger partial charge in [-0.1, -0.05) is 5.16 Å². The third-order valence-electron chi connectivity index (χ3n) is 1.84. The monoisotopic (exact) mass is 284 g/mol. The second-order valence-electron chi connectivity index (χ2n) is 2.95. The molecule has 6 heteroatoms. The van der Waals surface area contributed by atoms with Gasteiger partial charge in [-0.05, 0) is 34.1 Å². The van der Waals surface area contributed by atoms with Gasteiger partial charge in [0.1, 0.15) is 5.82 Å². The number of rotatable bonds is 2. The minimum atomic E-state index is -0.440. The first kappa shape index (κ1) is 10.8. The third-order valence-corrected chi connectivity index (χ3v) is 2.50. The van der Waals surface area contributed by atoms with Crippen molar-refractivity contribution in [1.29, 1.82) is 0 Å². The van der Waals surface area contributed by atoms with Gasteiger partial charge in [-0.25, -0.2) is 4.39 Å². The van der Waals surface area contributed by atoms with Crippen molar-refractivity contribution in [2.45, 2.75) is 0 Å². The minimum Gasteiger partial charge on any atom is -0.351 e. The molecular weight excluding hydrogens is 279 g/mol. The standard InChI is InChI=1S/C10H6BrFN2O2/c11-7-5-6(12)1-2-8(7)14-10(15)9-3-4-13-16-9/h1-5H,(H,14,15). The third kappa shape index (κ3) is 2.27. The van der Waals surface area contributed by atoms with Gasteiger partial charge in [0.05, 0.1) is 11.9 Å². The molecule has 0 saturated heterocycles. The zero-order valence-corrected chi connectivity index (χ0v) is 9.49. The highest BCUT2D eigenvalue weighted by Gasteiger charge is 2.11. The molecule has 0 aliphatic heterocycles. The fraction of sp³-hybridized carbons (Fsp3) is 0. The highest BCUT2D eigenvalue weighted by atomic mass is 79.9. The van der Waals surface area contributed by atoms with E-state index < -0.39 is 5.91 Å². The average Bonchev–Trinajstić information content (AvgIpc) is 2.75. The first-order valence-corrected chi connectivity index (χ1v) is 5.13. The van der Waals surface area contributed by atoms with Crippen LogP contribution in [0.2, 0.25) is 0 Å². The number of aromatic nitrogens is 1. The maximum absolute atomic E-state index is 12.8. The number of benzene rings is 1. The van der Waals surface area contributed by atoms with Crippen LogP contribution < -0.4 is 5.32 Å². The van der Waals surface area contributed by atoms with Gasteiger partial charge in [0.2, 0.25) is 5.76 Å². The molecule has 0 radical (unpaired) electrons. The van der Waals surface area contributed by atoms with Crippen molar-refractivity contribution in [3.05, 3.63) is 46.5 Å². The lowest BCUT2D eigenvalue weighted by atomic mass is 10.3. The molecule has 1 aromatic carbocycles. The van der Waals surface area contributed by atoms with Crippen LogP contribution >= 0.6 is 15.9 Å². The Bertz CT molecular complexity index is 514. The van der Waals surface area contributed by atoms with E-state index in [9.17, 15) is 9.18 Å². The molecule has 0 unspecified atom stereocenters. The van der Waals surface area contributed by atoms with E-state index in [1.165, 1.54) is 30.5 Å². The molecule has 0 atom stereocenters. The summed E-state index contributed by atoms with van der Waals surface area (Å²) in [5.74, 6) is -0.731. The Labute approximate surface area is 98.6 Å². The Hall–Kier alpha value is -1.69. The molecular formula is C10H6BrFN2O2. The molecule has 1 N–H and O–H groups in total. The molecule has 2 rings (SSSR count). The molecule has 0 aliphatic carbocycles. The van der Waals surface area contributed by atoms with Gasteiger partial charge in [0.25, 0.3) is 5.91 Å². The lowest BCUT2D eigenvalue weighted by Gasteiger charge is -2.04. The molecule has 0 bridgehead atoms. The van der Waals surface area contributed by atoms with Crippen molar-refractivity contribution in [1.82, 2.24) is 5.16 Å². The van der Waals surface area contributed by atoms with Crippen molar-refractivity contribution in [2.75, 3.05) is 5.32 Å². The normalized spacial score (nSPS) is 10.1. The second kappa shape index (κ2) is 4.44. The number of carbonyl (C=O) groups excluding carboxylic acids is 1. The number of hydrogen-bond donors (Lipinski definition) is 1. The van der Waals surface area contributed by atoms with Crippen molar-refractivity contribution < 1.29 is 13.7 Å². The van der Waals surface area contributed by atoms with Crippen LogP contribution in [0.3, 0.4) is 0 Å². The van der Waals surface area contributed by atoms with E-state index in [4.69, 9.17) is 0 Å². The predicted octanol–water partition coefficient (Wildman–Crippen LogP) is 2.83. The van der Waals surface area contributed by atoms with Gasteiger partial charge in [-0.3, -0.25) is 4.79 Å². The number of nitrogens with zero attached hydrogens (tertiary/aromatic N) is 1. The predicted molar refractivity (Wildman–Crippen MR) is 58.6 cm³/mol. The summed E-state index contributed by atoms with van der Waals surface area (Å²) in [6.45, 7) is 0. The largest absolute Gasteiger partial charge is 0.351 e. The quantitative estimate of drug-likeness (QED) is 0.923. The number of amides is 1. The van der Waals surface area contributed by atoms with Gasteiger partial charge in [-0.15, -0.1) is 0 Å². The molecule has 4 nitrogen and oxygen atoms in total. The maximum atomic E-state index is 12.8. The number of halogens is 2. The van der Waals surface area contributed by atoms with Crippen LogP contribution in [-0.2, 0) is 0 Å². The second-order valence-corrected chi connectivity index (χ2v) is 3.81. The molecule has 2 aromatic rings. The first-order valence-electron chi connectivity index (χ1n) is 4.34. The highest BCUT2D eigenvalue weighted by molar-refractivity contribution is 9.10. The van der Waals surface area contributed by atoms with E-state index in [0.29, 0.717) is 10.2 Å². The van der Waals surface area contributed by atoms with Crippen molar-refractivity contribution in [2.24, 2.45) is 0 Å². The zero-order valence-electron chi connectivity index (χ0n) is 7.91. The Balaban J connectivity index is 2.18. The molecule has 1 heterocycles. The van der Waals surface area contributed by atoms with E-state index >= 15 is 0 Å². The molecule has 0 fully saturated rings. The molecule has 16 heavy (non-hydrogen) atoms. The van der Waals surface area contributed by atoms with Crippen molar-refractivity contribution in [3.8, 4) is 0 Å². The number of carbonyl (C=O) groups is 1. The van der Waals surface area contributed by atoms with Gasteiger partial charge >= 0.3 is 0 Å². The lowest BCUT2D eigenvalue weighted by Crippen LogP contribution is -2.11. The Morgan fingerprint density at radius 1 is 1.44 bits per heavy atom. The number of hydrogen-bond acceptors (Lipinski definition) is 3. The molecule has 0 aliphatic rings. The minimum absolute atomic E-state index is 0.0937. The van der Waals surface area contributed by atoms with E-state index in [1.807, 2.05) is 0 Å². The Morgan fingerprint density at radius 3 is 2.88 bits per heavy atom. The van der Waals surface area contributed by atoms with Crippen molar-refractivity contribution >= 4 is 27.5 Å². The van der Waals surface area contributed by atoms with Crippen LogP contribution in [0.1, 0.15) is 10.6 Å². The topological polar surface area (TPSA) is 55.1 Å². The van der Waals surface area contributed by atoms with E-state index in [-0.39, 0.29) is 11.6 Å². The summed E-state index contributed by atoms with van der Waals surface area (Å²) < 4.78 is 17.9. The van der Waals surface area contributed by atoms with E-state index in [0.717, 1.165) is 0 Å². The maximum Gasteiger partial charge on any atom is 0.294 e. The Morgan fingerprint density at radius 2 is 2.25 bits per heavy atom. The lowest BCUT2D eigenvalue weighted by molar-refractivity contribution is 0.0988. The number of anilines is 1. The van der Waals surface area contributed by atoms with Gasteiger partial charge in [0, 0.05) is 10.5 Å². The SMILES string of the molecule is O=C(Nc1ccc(F)cc1Br)c1ccno1. The summed E-state index contributed by atoms with van der Waals surface area (Å²) in [6, 6.07) is 5.40. The summed E-state index contributed by atoms with van der Waals surface area (Å²) in [5, 5.41) is 5.97. The molecule has 0 saturated carbocycles. The van der Waals surface area contributed by atoms with Crippen molar-refractivity contribution in [3.63, 3.8) is 0 Å². The summed E-state index contributed by atoms with van der Waals surface area (Å²) in [4.78, 5) is 11.6. The van der Waals surface area contributed by atoms with Crippen LogP contribution in [0.15, 0.2) is 39.5 Å². The molecule has 82 valence electrons. The zero-order chi connectivity index (χ0) is 11.5.